The first kappa shape index (κ1) is 28.2. The number of nitrogens with zero attached hydrogens (tertiary/aromatic N) is 3. The molecule has 5 heteroatoms. The fourth-order valence-electron chi connectivity index (χ4n) is 6.88. The van der Waals surface area contributed by atoms with Crippen molar-refractivity contribution in [3.8, 4) is 56.4 Å². The summed E-state index contributed by atoms with van der Waals surface area (Å²) in [5.41, 5.74) is 10.6. The average molecular weight is 642 g/mol. The molecule has 10 rings (SSSR count). The number of furan rings is 2. The van der Waals surface area contributed by atoms with E-state index >= 15 is 0 Å². The maximum Gasteiger partial charge on any atom is 0.164 e. The number of hydrogen-bond donors (Lipinski definition) is 0. The monoisotopic (exact) mass is 641 g/mol. The van der Waals surface area contributed by atoms with Gasteiger partial charge in [-0.05, 0) is 52.6 Å². The number of benzene rings is 7. The fraction of sp³-hybridized carbons (Fsp3) is 0. The van der Waals surface area contributed by atoms with Crippen molar-refractivity contribution < 1.29 is 8.83 Å². The summed E-state index contributed by atoms with van der Waals surface area (Å²) in [4.78, 5) is 15.1. The number of fused-ring (bicyclic) bond motifs is 6. The lowest BCUT2D eigenvalue weighted by atomic mass is 9.98. The summed E-state index contributed by atoms with van der Waals surface area (Å²) in [7, 11) is 0. The zero-order chi connectivity index (χ0) is 33.0. The Morgan fingerprint density at radius 3 is 1.50 bits per heavy atom. The van der Waals surface area contributed by atoms with Gasteiger partial charge in [-0.3, -0.25) is 0 Å². The SMILES string of the molecule is c1ccc(-c2ccc(-c3nc(-c4ccc(-c5cccc6oc7ccccc7c56)cc4)nc(-c4ccc5c(c4)oc4ccccc45)n3)cc2)cc1. The molecule has 0 atom stereocenters. The summed E-state index contributed by atoms with van der Waals surface area (Å²) in [5, 5.41) is 4.37. The average Bonchev–Trinajstić information content (AvgIpc) is 3.76. The second-order valence-corrected chi connectivity index (χ2v) is 12.4. The second-order valence-electron chi connectivity index (χ2n) is 12.4. The lowest BCUT2D eigenvalue weighted by Crippen LogP contribution is -2.00. The molecule has 0 aliphatic rings. The highest BCUT2D eigenvalue weighted by atomic mass is 16.3. The van der Waals surface area contributed by atoms with Gasteiger partial charge in [0.1, 0.15) is 22.3 Å². The maximum absolute atomic E-state index is 6.23. The molecule has 0 unspecified atom stereocenters. The molecule has 0 bridgehead atoms. The minimum absolute atomic E-state index is 0.582. The van der Waals surface area contributed by atoms with E-state index in [1.807, 2.05) is 60.7 Å². The highest BCUT2D eigenvalue weighted by Gasteiger charge is 2.16. The highest BCUT2D eigenvalue weighted by Crippen LogP contribution is 2.38. The highest BCUT2D eigenvalue weighted by molar-refractivity contribution is 6.12. The first-order valence-electron chi connectivity index (χ1n) is 16.6. The molecule has 234 valence electrons. The molecular formula is C45H27N3O2. The molecule has 0 radical (unpaired) electrons. The summed E-state index contributed by atoms with van der Waals surface area (Å²) < 4.78 is 12.4. The maximum atomic E-state index is 6.23. The molecule has 0 aliphatic heterocycles. The molecule has 5 nitrogen and oxygen atoms in total. The van der Waals surface area contributed by atoms with Crippen LogP contribution in [0.15, 0.2) is 173 Å². The summed E-state index contributed by atoms with van der Waals surface area (Å²) in [6.45, 7) is 0. The van der Waals surface area contributed by atoms with Crippen LogP contribution in [0.4, 0.5) is 0 Å². The number of hydrogen-bond acceptors (Lipinski definition) is 5. The Bertz CT molecular complexity index is 2850. The Morgan fingerprint density at radius 1 is 0.300 bits per heavy atom. The van der Waals surface area contributed by atoms with Crippen LogP contribution in [-0.2, 0) is 0 Å². The van der Waals surface area contributed by atoms with Gasteiger partial charge < -0.3 is 8.83 Å². The van der Waals surface area contributed by atoms with Gasteiger partial charge in [0.2, 0.25) is 0 Å². The van der Waals surface area contributed by atoms with Crippen molar-refractivity contribution in [1.82, 2.24) is 15.0 Å². The fourth-order valence-corrected chi connectivity index (χ4v) is 6.88. The molecular weight excluding hydrogens is 615 g/mol. The van der Waals surface area contributed by atoms with Gasteiger partial charge in [0.25, 0.3) is 0 Å². The Morgan fingerprint density at radius 2 is 0.780 bits per heavy atom. The minimum Gasteiger partial charge on any atom is -0.456 e. The van der Waals surface area contributed by atoms with Crippen LogP contribution < -0.4 is 0 Å². The van der Waals surface area contributed by atoms with Crippen molar-refractivity contribution in [2.45, 2.75) is 0 Å². The zero-order valence-corrected chi connectivity index (χ0v) is 26.7. The lowest BCUT2D eigenvalue weighted by Gasteiger charge is -2.10. The Kier molecular flexibility index (Phi) is 6.42. The van der Waals surface area contributed by atoms with E-state index in [1.165, 1.54) is 0 Å². The molecule has 0 N–H and O–H groups in total. The van der Waals surface area contributed by atoms with Gasteiger partial charge in [-0.25, -0.2) is 15.0 Å². The van der Waals surface area contributed by atoms with Crippen molar-refractivity contribution in [2.24, 2.45) is 0 Å². The van der Waals surface area contributed by atoms with Crippen LogP contribution in [0.1, 0.15) is 0 Å². The van der Waals surface area contributed by atoms with Crippen molar-refractivity contribution in [3.05, 3.63) is 164 Å². The van der Waals surface area contributed by atoms with Crippen LogP contribution in [-0.4, -0.2) is 15.0 Å². The van der Waals surface area contributed by atoms with E-state index in [0.717, 1.165) is 82.8 Å². The Labute approximate surface area is 287 Å². The third-order valence-electron chi connectivity index (χ3n) is 9.38. The standard InChI is InChI=1S/C45H27N3O2/c1-2-9-28(10-3-1)29-17-21-31(22-18-29)43-46-44(48-45(47-43)33-25-26-36-35-11-4-6-14-38(35)50-41(36)27-33)32-23-19-30(20-24-32)34-13-8-16-40-42(34)37-12-5-7-15-39(37)49-40/h1-27H. The van der Waals surface area contributed by atoms with Crippen molar-refractivity contribution >= 4 is 43.9 Å². The number of para-hydroxylation sites is 2. The van der Waals surface area contributed by atoms with E-state index in [0.29, 0.717) is 17.5 Å². The van der Waals surface area contributed by atoms with Crippen molar-refractivity contribution in [2.75, 3.05) is 0 Å². The van der Waals surface area contributed by atoms with Crippen LogP contribution in [0.2, 0.25) is 0 Å². The number of aromatic nitrogens is 3. The van der Waals surface area contributed by atoms with E-state index in [2.05, 4.69) is 103 Å². The third kappa shape index (κ3) is 4.75. The van der Waals surface area contributed by atoms with Crippen LogP contribution >= 0.6 is 0 Å². The first-order valence-corrected chi connectivity index (χ1v) is 16.6. The lowest BCUT2D eigenvalue weighted by molar-refractivity contribution is 0.668. The molecule has 0 fully saturated rings. The molecule has 0 spiro atoms. The van der Waals surface area contributed by atoms with E-state index in [-0.39, 0.29) is 0 Å². The topological polar surface area (TPSA) is 65.0 Å². The van der Waals surface area contributed by atoms with Crippen molar-refractivity contribution in [3.63, 3.8) is 0 Å². The predicted octanol–water partition coefficient (Wildman–Crippen LogP) is 12.0. The van der Waals surface area contributed by atoms with Gasteiger partial charge in [0.15, 0.2) is 17.5 Å². The molecule has 7 aromatic carbocycles. The second kappa shape index (κ2) is 11.4. The van der Waals surface area contributed by atoms with E-state index in [9.17, 15) is 0 Å². The van der Waals surface area contributed by atoms with Gasteiger partial charge in [0, 0.05) is 38.2 Å². The summed E-state index contributed by atoms with van der Waals surface area (Å²) in [5.74, 6) is 1.78. The Hall–Kier alpha value is -6.85. The van der Waals surface area contributed by atoms with Crippen molar-refractivity contribution in [1.29, 1.82) is 0 Å². The zero-order valence-electron chi connectivity index (χ0n) is 26.7. The molecule has 3 aromatic heterocycles. The molecule has 0 saturated carbocycles. The molecule has 10 aromatic rings. The van der Waals surface area contributed by atoms with Crippen LogP contribution in [0.25, 0.3) is 100 Å². The van der Waals surface area contributed by atoms with Gasteiger partial charge in [-0.2, -0.15) is 0 Å². The molecule has 0 saturated heterocycles. The quantitative estimate of drug-likeness (QED) is 0.187. The van der Waals surface area contributed by atoms with E-state index in [4.69, 9.17) is 23.8 Å². The van der Waals surface area contributed by atoms with Gasteiger partial charge in [-0.15, -0.1) is 0 Å². The molecule has 3 heterocycles. The van der Waals surface area contributed by atoms with Crippen LogP contribution in [0.5, 0.6) is 0 Å². The summed E-state index contributed by atoms with van der Waals surface area (Å²) in [6, 6.07) is 55.8. The minimum atomic E-state index is 0.582. The van der Waals surface area contributed by atoms with E-state index < -0.39 is 0 Å². The van der Waals surface area contributed by atoms with E-state index in [1.54, 1.807) is 0 Å². The predicted molar refractivity (Wildman–Crippen MR) is 202 cm³/mol. The normalized spacial score (nSPS) is 11.6. The van der Waals surface area contributed by atoms with Crippen LogP contribution in [0, 0.1) is 0 Å². The summed E-state index contributed by atoms with van der Waals surface area (Å²) >= 11 is 0. The van der Waals surface area contributed by atoms with Gasteiger partial charge >= 0.3 is 0 Å². The smallest absolute Gasteiger partial charge is 0.164 e. The molecule has 0 amide bonds. The van der Waals surface area contributed by atoms with Gasteiger partial charge in [0.05, 0.1) is 0 Å². The molecule has 50 heavy (non-hydrogen) atoms. The molecule has 0 aliphatic carbocycles. The number of rotatable bonds is 5. The third-order valence-corrected chi connectivity index (χ3v) is 9.38. The largest absolute Gasteiger partial charge is 0.456 e. The first-order chi connectivity index (χ1) is 24.7. The van der Waals surface area contributed by atoms with Crippen LogP contribution in [0.3, 0.4) is 0 Å². The van der Waals surface area contributed by atoms with Gasteiger partial charge in [-0.1, -0.05) is 133 Å². The summed E-state index contributed by atoms with van der Waals surface area (Å²) in [6.07, 6.45) is 0. The Balaban J connectivity index is 1.09.